The topological polar surface area (TPSA) is 87.3 Å². The minimum absolute atomic E-state index is 0.0652. The molecule has 0 aliphatic rings. The van der Waals surface area contributed by atoms with Gasteiger partial charge in [0, 0.05) is 25.6 Å². The Morgan fingerprint density at radius 2 is 1.55 bits per heavy atom. The molecule has 0 spiro atoms. The highest BCUT2D eigenvalue weighted by atomic mass is 79.9. The summed E-state index contributed by atoms with van der Waals surface area (Å²) in [4.78, 5) is 39.7. The molecule has 0 radical (unpaired) electrons. The molecule has 0 saturated carbocycles. The van der Waals surface area contributed by atoms with Crippen LogP contribution in [0.25, 0.3) is 6.08 Å². The third kappa shape index (κ3) is 8.32. The lowest BCUT2D eigenvalue weighted by Gasteiger charge is -2.14. The Kier molecular flexibility index (Phi) is 10.2. The van der Waals surface area contributed by atoms with Crippen LogP contribution in [-0.4, -0.2) is 23.0 Å². The molecule has 6 nitrogen and oxygen atoms in total. The summed E-state index contributed by atoms with van der Waals surface area (Å²) in [6.45, 7) is 1.81. The first-order valence-corrected chi connectivity index (χ1v) is 14.3. The van der Waals surface area contributed by atoms with Crippen LogP contribution < -0.4 is 16.0 Å². The van der Waals surface area contributed by atoms with E-state index in [4.69, 9.17) is 11.6 Å². The zero-order valence-electron chi connectivity index (χ0n) is 21.4. The fourth-order valence-electron chi connectivity index (χ4n) is 3.57. The molecule has 1 atom stereocenters. The molecular formula is C31H25BrClN3O3S. The van der Waals surface area contributed by atoms with Crippen molar-refractivity contribution in [2.75, 3.05) is 10.6 Å². The number of halogens is 2. The molecule has 0 aromatic heterocycles. The molecule has 4 aromatic carbocycles. The van der Waals surface area contributed by atoms with Gasteiger partial charge in [-0.15, -0.1) is 11.8 Å². The molecular weight excluding hydrogens is 610 g/mol. The van der Waals surface area contributed by atoms with Crippen LogP contribution in [0.15, 0.2) is 118 Å². The molecule has 0 bridgehead atoms. The number of hydrogen-bond acceptors (Lipinski definition) is 4. The summed E-state index contributed by atoms with van der Waals surface area (Å²) in [7, 11) is 0. The van der Waals surface area contributed by atoms with E-state index in [1.54, 1.807) is 72.8 Å². The summed E-state index contributed by atoms with van der Waals surface area (Å²) in [5.74, 6) is -1.06. The first-order chi connectivity index (χ1) is 19.3. The second-order valence-electron chi connectivity index (χ2n) is 8.64. The Hall–Kier alpha value is -3.85. The van der Waals surface area contributed by atoms with Gasteiger partial charge in [-0.05, 0) is 89.1 Å². The molecule has 0 aliphatic heterocycles. The average molecular weight is 635 g/mol. The van der Waals surface area contributed by atoms with Gasteiger partial charge in [0.15, 0.2) is 0 Å². The Morgan fingerprint density at radius 1 is 0.850 bits per heavy atom. The van der Waals surface area contributed by atoms with E-state index in [1.165, 1.54) is 11.8 Å². The first-order valence-electron chi connectivity index (χ1n) is 12.3. The number of para-hydroxylation sites is 1. The van der Waals surface area contributed by atoms with Crippen LogP contribution in [-0.2, 0) is 9.59 Å². The van der Waals surface area contributed by atoms with E-state index in [9.17, 15) is 14.4 Å². The molecule has 40 heavy (non-hydrogen) atoms. The van der Waals surface area contributed by atoms with Crippen molar-refractivity contribution in [2.45, 2.75) is 17.1 Å². The van der Waals surface area contributed by atoms with E-state index < -0.39 is 17.1 Å². The predicted molar refractivity (Wildman–Crippen MR) is 166 cm³/mol. The molecule has 4 rings (SSSR count). The number of thioether (sulfide) groups is 1. The molecule has 3 amide bonds. The van der Waals surface area contributed by atoms with Gasteiger partial charge in [-0.2, -0.15) is 0 Å². The summed E-state index contributed by atoms with van der Waals surface area (Å²) in [5.41, 5.74) is 2.39. The molecule has 0 heterocycles. The van der Waals surface area contributed by atoms with Crippen molar-refractivity contribution in [3.8, 4) is 0 Å². The number of hydrogen-bond donors (Lipinski definition) is 3. The minimum atomic E-state index is -0.499. The first kappa shape index (κ1) is 29.1. The molecule has 4 aromatic rings. The number of anilines is 2. The average Bonchev–Trinajstić information content (AvgIpc) is 2.95. The maximum atomic E-state index is 13.3. The van der Waals surface area contributed by atoms with Gasteiger partial charge in [0.1, 0.15) is 5.70 Å². The largest absolute Gasteiger partial charge is 0.324 e. The predicted octanol–water partition coefficient (Wildman–Crippen LogP) is 7.63. The van der Waals surface area contributed by atoms with Crippen molar-refractivity contribution < 1.29 is 14.4 Å². The van der Waals surface area contributed by atoms with Crippen molar-refractivity contribution in [1.29, 1.82) is 0 Å². The van der Waals surface area contributed by atoms with Crippen LogP contribution in [0, 0.1) is 0 Å². The van der Waals surface area contributed by atoms with Gasteiger partial charge in [-0.3, -0.25) is 14.4 Å². The quantitative estimate of drug-likeness (QED) is 0.131. The highest BCUT2D eigenvalue weighted by Crippen LogP contribution is 2.28. The van der Waals surface area contributed by atoms with Gasteiger partial charge in [-0.1, -0.05) is 60.1 Å². The third-order valence-corrected chi connectivity index (χ3v) is 7.65. The summed E-state index contributed by atoms with van der Waals surface area (Å²) < 4.78 is 0.798. The highest BCUT2D eigenvalue weighted by Gasteiger charge is 2.18. The molecule has 1 unspecified atom stereocenters. The van der Waals surface area contributed by atoms with Crippen molar-refractivity contribution in [3.63, 3.8) is 0 Å². The van der Waals surface area contributed by atoms with E-state index in [2.05, 4.69) is 31.9 Å². The lowest BCUT2D eigenvalue weighted by Crippen LogP contribution is -2.30. The van der Waals surface area contributed by atoms with Gasteiger partial charge >= 0.3 is 0 Å². The Bertz CT molecular complexity index is 1550. The van der Waals surface area contributed by atoms with Crippen LogP contribution in [0.5, 0.6) is 0 Å². The van der Waals surface area contributed by atoms with E-state index in [-0.39, 0.29) is 11.6 Å². The van der Waals surface area contributed by atoms with Crippen molar-refractivity contribution in [1.82, 2.24) is 5.32 Å². The van der Waals surface area contributed by atoms with E-state index in [0.717, 1.165) is 9.37 Å². The van der Waals surface area contributed by atoms with Crippen LogP contribution in [0.2, 0.25) is 5.02 Å². The lowest BCUT2D eigenvalue weighted by molar-refractivity contribution is -0.115. The molecule has 0 fully saturated rings. The fourth-order valence-corrected chi connectivity index (χ4v) is 5.00. The number of carbonyl (C=O) groups is 3. The molecule has 3 N–H and O–H groups in total. The number of carbonyl (C=O) groups excluding carboxylic acids is 3. The second kappa shape index (κ2) is 14.0. The van der Waals surface area contributed by atoms with Crippen molar-refractivity contribution >= 4 is 74.5 Å². The Morgan fingerprint density at radius 3 is 2.27 bits per heavy atom. The molecule has 9 heteroatoms. The number of benzene rings is 4. The van der Waals surface area contributed by atoms with Gasteiger partial charge in [0.2, 0.25) is 5.91 Å². The minimum Gasteiger partial charge on any atom is -0.324 e. The maximum absolute atomic E-state index is 13.3. The fraction of sp³-hybridized carbons (Fsp3) is 0.0645. The summed E-state index contributed by atoms with van der Waals surface area (Å²) in [6.07, 6.45) is 1.58. The molecule has 0 aliphatic carbocycles. The summed E-state index contributed by atoms with van der Waals surface area (Å²) in [6, 6.07) is 30.1. The maximum Gasteiger partial charge on any atom is 0.272 e. The molecule has 202 valence electrons. The van der Waals surface area contributed by atoms with Crippen LogP contribution >= 0.6 is 39.3 Å². The Labute approximate surface area is 250 Å². The van der Waals surface area contributed by atoms with Crippen LogP contribution in [0.3, 0.4) is 0 Å². The van der Waals surface area contributed by atoms with Gasteiger partial charge in [0.05, 0.1) is 10.9 Å². The number of nitrogens with one attached hydrogen (secondary N) is 3. The van der Waals surface area contributed by atoms with Crippen molar-refractivity contribution in [2.24, 2.45) is 0 Å². The van der Waals surface area contributed by atoms with E-state index in [1.807, 2.05) is 43.3 Å². The van der Waals surface area contributed by atoms with Crippen molar-refractivity contribution in [3.05, 3.63) is 129 Å². The summed E-state index contributed by atoms with van der Waals surface area (Å²) >= 11 is 10.8. The zero-order chi connectivity index (χ0) is 28.5. The number of amides is 3. The normalized spacial score (nSPS) is 11.8. The summed E-state index contributed by atoms with van der Waals surface area (Å²) in [5, 5.41) is 8.65. The van der Waals surface area contributed by atoms with Gasteiger partial charge in [0.25, 0.3) is 11.8 Å². The van der Waals surface area contributed by atoms with Crippen LogP contribution in [0.4, 0.5) is 11.4 Å². The van der Waals surface area contributed by atoms with Gasteiger partial charge in [-0.25, -0.2) is 0 Å². The lowest BCUT2D eigenvalue weighted by atomic mass is 10.1. The van der Waals surface area contributed by atoms with E-state index in [0.29, 0.717) is 27.5 Å². The highest BCUT2D eigenvalue weighted by molar-refractivity contribution is 9.10. The third-order valence-electron chi connectivity index (χ3n) is 5.62. The van der Waals surface area contributed by atoms with Gasteiger partial charge < -0.3 is 16.0 Å². The van der Waals surface area contributed by atoms with E-state index >= 15 is 0 Å². The standard InChI is InChI=1S/C31H25BrClN3O3S/c1-20(29(37)35-27-13-6-5-12-26(27)32)40-25-11-7-10-24(19-25)34-31(39)28(18-21-14-16-23(33)17-15-21)36-30(38)22-8-3-2-4-9-22/h2-20H,1H3,(H,34,39)(H,35,37)(H,36,38)/b28-18-. The SMILES string of the molecule is CC(Sc1cccc(NC(=O)/C(=C/c2ccc(Cl)cc2)NC(=O)c2ccccc2)c1)C(=O)Nc1ccccc1Br. The molecule has 0 saturated heterocycles. The Balaban J connectivity index is 1.48. The van der Waals surface area contributed by atoms with Crippen LogP contribution in [0.1, 0.15) is 22.8 Å². The smallest absolute Gasteiger partial charge is 0.272 e. The zero-order valence-corrected chi connectivity index (χ0v) is 24.5. The number of rotatable bonds is 9. The second-order valence-corrected chi connectivity index (χ2v) is 11.3. The monoisotopic (exact) mass is 633 g/mol.